The third-order valence-corrected chi connectivity index (χ3v) is 4.14. The molecule has 0 spiro atoms. The molecule has 0 aliphatic heterocycles. The SMILES string of the molecule is CCC(CC)(CNC(=O)C(C)CN)c1ccccc1.Cl. The van der Waals surface area contributed by atoms with Crippen LogP contribution in [0.25, 0.3) is 0 Å². The molecule has 1 unspecified atom stereocenters. The predicted molar refractivity (Wildman–Crippen MR) is 87.2 cm³/mol. The van der Waals surface area contributed by atoms with Crippen LogP contribution in [0.5, 0.6) is 0 Å². The van der Waals surface area contributed by atoms with Crippen LogP contribution < -0.4 is 11.1 Å². The molecule has 0 aromatic heterocycles. The van der Waals surface area contributed by atoms with Crippen LogP contribution in [0.3, 0.4) is 0 Å². The minimum Gasteiger partial charge on any atom is -0.355 e. The number of halogens is 1. The monoisotopic (exact) mass is 298 g/mol. The fourth-order valence-corrected chi connectivity index (χ4v) is 2.34. The van der Waals surface area contributed by atoms with E-state index in [1.165, 1.54) is 5.56 Å². The van der Waals surface area contributed by atoms with E-state index in [2.05, 4.69) is 43.4 Å². The number of hydrogen-bond acceptors (Lipinski definition) is 2. The Bertz CT molecular complexity index is 391. The molecule has 0 radical (unpaired) electrons. The zero-order valence-electron chi connectivity index (χ0n) is 12.7. The second kappa shape index (κ2) is 8.98. The van der Waals surface area contributed by atoms with E-state index in [1.807, 2.05) is 13.0 Å². The molecule has 0 heterocycles. The zero-order chi connectivity index (χ0) is 14.3. The van der Waals surface area contributed by atoms with Gasteiger partial charge in [-0.2, -0.15) is 0 Å². The van der Waals surface area contributed by atoms with Crippen LogP contribution in [0.4, 0.5) is 0 Å². The van der Waals surface area contributed by atoms with E-state index in [4.69, 9.17) is 5.73 Å². The van der Waals surface area contributed by atoms with Crippen molar-refractivity contribution < 1.29 is 4.79 Å². The highest BCUT2D eigenvalue weighted by molar-refractivity contribution is 5.85. The summed E-state index contributed by atoms with van der Waals surface area (Å²) in [4.78, 5) is 11.9. The summed E-state index contributed by atoms with van der Waals surface area (Å²) in [5.74, 6) is -0.0770. The summed E-state index contributed by atoms with van der Waals surface area (Å²) in [6.45, 7) is 7.27. The topological polar surface area (TPSA) is 55.1 Å². The van der Waals surface area contributed by atoms with Crippen molar-refractivity contribution in [3.63, 3.8) is 0 Å². The second-order valence-electron chi connectivity index (χ2n) is 5.21. The molecule has 0 saturated carbocycles. The Morgan fingerprint density at radius 1 is 1.25 bits per heavy atom. The molecule has 1 aromatic rings. The Hall–Kier alpha value is -1.06. The molecule has 114 valence electrons. The molecule has 20 heavy (non-hydrogen) atoms. The Morgan fingerprint density at radius 3 is 2.25 bits per heavy atom. The van der Waals surface area contributed by atoms with Crippen LogP contribution in [0.1, 0.15) is 39.2 Å². The van der Waals surface area contributed by atoms with Gasteiger partial charge in [0.25, 0.3) is 0 Å². The van der Waals surface area contributed by atoms with Crippen LogP contribution in [-0.4, -0.2) is 19.0 Å². The first kappa shape index (κ1) is 18.9. The van der Waals surface area contributed by atoms with Gasteiger partial charge in [-0.3, -0.25) is 4.79 Å². The molecular weight excluding hydrogens is 272 g/mol. The quantitative estimate of drug-likeness (QED) is 0.813. The largest absolute Gasteiger partial charge is 0.355 e. The van der Waals surface area contributed by atoms with Gasteiger partial charge in [0.1, 0.15) is 0 Å². The van der Waals surface area contributed by atoms with E-state index in [0.29, 0.717) is 13.1 Å². The van der Waals surface area contributed by atoms with Crippen LogP contribution >= 0.6 is 12.4 Å². The highest BCUT2D eigenvalue weighted by Gasteiger charge is 2.29. The first-order valence-electron chi connectivity index (χ1n) is 7.13. The lowest BCUT2D eigenvalue weighted by Crippen LogP contribution is -2.43. The summed E-state index contributed by atoms with van der Waals surface area (Å²) in [6, 6.07) is 10.4. The van der Waals surface area contributed by atoms with Crippen molar-refractivity contribution >= 4 is 18.3 Å². The van der Waals surface area contributed by atoms with E-state index in [-0.39, 0.29) is 29.6 Å². The molecule has 1 amide bonds. The molecule has 0 aliphatic carbocycles. The van der Waals surface area contributed by atoms with Crippen LogP contribution in [0, 0.1) is 5.92 Å². The van der Waals surface area contributed by atoms with Crippen LogP contribution in [0.2, 0.25) is 0 Å². The number of amides is 1. The van der Waals surface area contributed by atoms with Crippen molar-refractivity contribution in [3.8, 4) is 0 Å². The fourth-order valence-electron chi connectivity index (χ4n) is 2.34. The van der Waals surface area contributed by atoms with Gasteiger partial charge in [0, 0.05) is 24.4 Å². The number of carbonyl (C=O) groups excluding carboxylic acids is 1. The normalized spacial score (nSPS) is 12.4. The van der Waals surface area contributed by atoms with E-state index >= 15 is 0 Å². The summed E-state index contributed by atoms with van der Waals surface area (Å²) < 4.78 is 0. The maximum Gasteiger partial charge on any atom is 0.224 e. The maximum absolute atomic E-state index is 11.9. The summed E-state index contributed by atoms with van der Waals surface area (Å²) >= 11 is 0. The van der Waals surface area contributed by atoms with Gasteiger partial charge < -0.3 is 11.1 Å². The molecule has 0 aliphatic rings. The molecule has 0 fully saturated rings. The second-order valence-corrected chi connectivity index (χ2v) is 5.21. The third kappa shape index (κ3) is 4.50. The first-order chi connectivity index (χ1) is 9.09. The summed E-state index contributed by atoms with van der Waals surface area (Å²) in [5, 5.41) is 3.06. The number of hydrogen-bond donors (Lipinski definition) is 2. The van der Waals surface area contributed by atoms with Gasteiger partial charge in [-0.25, -0.2) is 0 Å². The molecule has 1 atom stereocenters. The van der Waals surface area contributed by atoms with Gasteiger partial charge in [-0.1, -0.05) is 51.1 Å². The third-order valence-electron chi connectivity index (χ3n) is 4.14. The van der Waals surface area contributed by atoms with Crippen LogP contribution in [-0.2, 0) is 10.2 Å². The molecule has 4 heteroatoms. The lowest BCUT2D eigenvalue weighted by atomic mass is 9.75. The smallest absolute Gasteiger partial charge is 0.224 e. The summed E-state index contributed by atoms with van der Waals surface area (Å²) in [7, 11) is 0. The van der Waals surface area contributed by atoms with Gasteiger partial charge in [-0.05, 0) is 18.4 Å². The molecule has 1 rings (SSSR count). The number of rotatable bonds is 7. The Labute approximate surface area is 128 Å². The van der Waals surface area contributed by atoms with Gasteiger partial charge in [0.05, 0.1) is 0 Å². The van der Waals surface area contributed by atoms with Crippen molar-refractivity contribution in [2.45, 2.75) is 39.0 Å². The van der Waals surface area contributed by atoms with E-state index in [9.17, 15) is 4.79 Å². The average Bonchev–Trinajstić information content (AvgIpc) is 2.48. The van der Waals surface area contributed by atoms with Crippen molar-refractivity contribution in [3.05, 3.63) is 35.9 Å². The first-order valence-corrected chi connectivity index (χ1v) is 7.13. The molecular formula is C16H27ClN2O. The predicted octanol–water partition coefficient (Wildman–Crippen LogP) is 2.88. The van der Waals surface area contributed by atoms with E-state index in [0.717, 1.165) is 12.8 Å². The van der Waals surface area contributed by atoms with Gasteiger partial charge in [0.2, 0.25) is 5.91 Å². The van der Waals surface area contributed by atoms with E-state index < -0.39 is 0 Å². The maximum atomic E-state index is 11.9. The van der Waals surface area contributed by atoms with Gasteiger partial charge in [0.15, 0.2) is 0 Å². The lowest BCUT2D eigenvalue weighted by molar-refractivity contribution is -0.124. The zero-order valence-corrected chi connectivity index (χ0v) is 13.5. The Morgan fingerprint density at radius 2 is 1.80 bits per heavy atom. The van der Waals surface area contributed by atoms with Crippen LogP contribution in [0.15, 0.2) is 30.3 Å². The standard InChI is InChI=1S/C16H26N2O.ClH/c1-4-16(5-2,14-9-7-6-8-10-14)12-18-15(19)13(3)11-17;/h6-10,13H,4-5,11-12,17H2,1-3H3,(H,18,19);1H. The van der Waals surface area contributed by atoms with Crippen molar-refractivity contribution in [2.75, 3.05) is 13.1 Å². The van der Waals surface area contributed by atoms with Crippen molar-refractivity contribution in [1.82, 2.24) is 5.32 Å². The van der Waals surface area contributed by atoms with E-state index in [1.54, 1.807) is 0 Å². The van der Waals surface area contributed by atoms with Gasteiger partial charge in [-0.15, -0.1) is 12.4 Å². The molecule has 1 aromatic carbocycles. The Balaban J connectivity index is 0.00000361. The molecule has 0 bridgehead atoms. The van der Waals surface area contributed by atoms with Crippen molar-refractivity contribution in [1.29, 1.82) is 0 Å². The average molecular weight is 299 g/mol. The minimum absolute atomic E-state index is 0. The highest BCUT2D eigenvalue weighted by atomic mass is 35.5. The van der Waals surface area contributed by atoms with Crippen molar-refractivity contribution in [2.24, 2.45) is 11.7 Å². The lowest BCUT2D eigenvalue weighted by Gasteiger charge is -2.33. The summed E-state index contributed by atoms with van der Waals surface area (Å²) in [6.07, 6.45) is 2.01. The number of benzene rings is 1. The molecule has 3 nitrogen and oxygen atoms in total. The highest BCUT2D eigenvalue weighted by Crippen LogP contribution is 2.30. The number of nitrogens with one attached hydrogen (secondary N) is 1. The number of carbonyl (C=O) groups is 1. The molecule has 3 N–H and O–H groups in total. The minimum atomic E-state index is -0.123. The number of nitrogens with two attached hydrogens (primary N) is 1. The van der Waals surface area contributed by atoms with Gasteiger partial charge >= 0.3 is 0 Å². The Kier molecular flexibility index (Phi) is 8.51. The summed E-state index contributed by atoms with van der Waals surface area (Å²) in [5.41, 5.74) is 6.84. The molecule has 0 saturated heterocycles. The fraction of sp³-hybridized carbons (Fsp3) is 0.562.